The number of hydrogen-bond donors (Lipinski definition) is 1. The smallest absolute Gasteiger partial charge is 0.481 e. The molecule has 118 valence electrons. The van der Waals surface area contributed by atoms with Gasteiger partial charge in [-0.2, -0.15) is 0 Å². The fourth-order valence-electron chi connectivity index (χ4n) is 1.87. The molecule has 0 heterocycles. The summed E-state index contributed by atoms with van der Waals surface area (Å²) in [6.45, 7) is 3.80. The van der Waals surface area contributed by atoms with Gasteiger partial charge in [0.15, 0.2) is 0 Å². The Bertz CT molecular complexity index is 473. The minimum absolute atomic E-state index is 0.119. The number of aliphatic carboxylic acids is 1. The van der Waals surface area contributed by atoms with Crippen LogP contribution in [0.3, 0.4) is 0 Å². The van der Waals surface area contributed by atoms with E-state index in [9.17, 15) is 18.0 Å². The highest BCUT2D eigenvalue weighted by atomic mass is 19.4. The van der Waals surface area contributed by atoms with Gasteiger partial charge in [0.25, 0.3) is 0 Å². The Balaban J connectivity index is 2.70. The molecule has 0 aliphatic rings. The minimum atomic E-state index is -4.71. The van der Waals surface area contributed by atoms with E-state index in [0.29, 0.717) is 6.54 Å². The molecular weight excluding hydrogens is 287 g/mol. The maximum absolute atomic E-state index is 12.1. The molecule has 1 rings (SSSR count). The first-order valence-electron chi connectivity index (χ1n) is 6.39. The van der Waals surface area contributed by atoms with Crippen LogP contribution in [0.5, 0.6) is 5.75 Å². The molecule has 21 heavy (non-hydrogen) atoms. The van der Waals surface area contributed by atoms with E-state index in [4.69, 9.17) is 5.11 Å². The molecule has 1 N–H and O–H groups in total. The van der Waals surface area contributed by atoms with Crippen molar-refractivity contribution in [3.05, 3.63) is 29.8 Å². The molecule has 0 fully saturated rings. The number of rotatable bonds is 6. The molecule has 0 bridgehead atoms. The zero-order valence-corrected chi connectivity index (χ0v) is 12.0. The van der Waals surface area contributed by atoms with E-state index in [0.717, 1.165) is 5.56 Å². The van der Waals surface area contributed by atoms with E-state index in [-0.39, 0.29) is 11.8 Å². The van der Waals surface area contributed by atoms with Crippen LogP contribution >= 0.6 is 0 Å². The second-order valence-corrected chi connectivity index (χ2v) is 4.97. The molecule has 0 aromatic heterocycles. The molecule has 0 radical (unpaired) electrons. The van der Waals surface area contributed by atoms with Gasteiger partial charge in [0, 0.05) is 12.6 Å². The fraction of sp³-hybridized carbons (Fsp3) is 0.500. The third-order valence-electron chi connectivity index (χ3n) is 3.24. The van der Waals surface area contributed by atoms with Crippen molar-refractivity contribution in [3.63, 3.8) is 0 Å². The van der Waals surface area contributed by atoms with Gasteiger partial charge in [-0.15, -0.1) is 13.2 Å². The second kappa shape index (κ2) is 6.80. The summed E-state index contributed by atoms with van der Waals surface area (Å²) < 4.78 is 40.0. The number of benzene rings is 1. The van der Waals surface area contributed by atoms with Crippen molar-refractivity contribution in [2.75, 3.05) is 13.6 Å². The number of ether oxygens (including phenoxy) is 1. The SMILES string of the molecule is CC(CN(C)C(C)c1ccc(OC(F)(F)F)cc1)C(=O)O. The number of hydrogen-bond acceptors (Lipinski definition) is 3. The maximum atomic E-state index is 12.1. The molecule has 0 amide bonds. The van der Waals surface area contributed by atoms with Gasteiger partial charge < -0.3 is 9.84 Å². The molecule has 0 aliphatic heterocycles. The van der Waals surface area contributed by atoms with Crippen molar-refractivity contribution >= 4 is 5.97 Å². The molecule has 2 unspecified atom stereocenters. The summed E-state index contributed by atoms with van der Waals surface area (Å²) in [5.74, 6) is -1.69. The van der Waals surface area contributed by atoms with Crippen LogP contribution in [-0.4, -0.2) is 35.9 Å². The summed E-state index contributed by atoms with van der Waals surface area (Å²) in [5.41, 5.74) is 0.782. The standard InChI is InChI=1S/C14H18F3NO3/c1-9(13(19)20)8-18(3)10(2)11-4-6-12(7-5-11)21-14(15,16)17/h4-7,9-10H,8H2,1-3H3,(H,19,20). The lowest BCUT2D eigenvalue weighted by Crippen LogP contribution is -2.30. The Morgan fingerprint density at radius 1 is 1.29 bits per heavy atom. The highest BCUT2D eigenvalue weighted by molar-refractivity contribution is 5.69. The predicted octanol–water partition coefficient (Wildman–Crippen LogP) is 3.30. The van der Waals surface area contributed by atoms with Gasteiger partial charge in [0.2, 0.25) is 0 Å². The van der Waals surface area contributed by atoms with Crippen LogP contribution in [0.15, 0.2) is 24.3 Å². The summed E-state index contributed by atoms with van der Waals surface area (Å²) in [6.07, 6.45) is -4.71. The number of carboxylic acids is 1. The quantitative estimate of drug-likeness (QED) is 0.876. The number of halogens is 3. The van der Waals surface area contributed by atoms with Crippen LogP contribution in [0.25, 0.3) is 0 Å². The third kappa shape index (κ3) is 5.63. The van der Waals surface area contributed by atoms with Crippen LogP contribution < -0.4 is 4.74 Å². The van der Waals surface area contributed by atoms with Gasteiger partial charge in [0.05, 0.1) is 5.92 Å². The maximum Gasteiger partial charge on any atom is 0.573 e. The average molecular weight is 305 g/mol. The Morgan fingerprint density at radius 3 is 2.24 bits per heavy atom. The number of carbonyl (C=O) groups is 1. The van der Waals surface area contributed by atoms with Crippen LogP contribution in [-0.2, 0) is 4.79 Å². The van der Waals surface area contributed by atoms with Crippen molar-refractivity contribution in [1.29, 1.82) is 0 Å². The van der Waals surface area contributed by atoms with E-state index in [2.05, 4.69) is 4.74 Å². The fourth-order valence-corrected chi connectivity index (χ4v) is 1.87. The van der Waals surface area contributed by atoms with E-state index in [1.54, 1.807) is 14.0 Å². The Hall–Kier alpha value is -1.76. The first kappa shape index (κ1) is 17.3. The normalized spacial score (nSPS) is 14.8. The van der Waals surface area contributed by atoms with Gasteiger partial charge in [0.1, 0.15) is 5.75 Å². The van der Waals surface area contributed by atoms with Crippen molar-refractivity contribution < 1.29 is 27.8 Å². The summed E-state index contributed by atoms with van der Waals surface area (Å²) in [6, 6.07) is 5.44. The van der Waals surface area contributed by atoms with E-state index < -0.39 is 18.2 Å². The molecule has 0 spiro atoms. The zero-order chi connectivity index (χ0) is 16.2. The van der Waals surface area contributed by atoms with Gasteiger partial charge in [-0.05, 0) is 31.7 Å². The molecule has 1 aromatic rings. The van der Waals surface area contributed by atoms with E-state index in [1.165, 1.54) is 24.3 Å². The molecule has 4 nitrogen and oxygen atoms in total. The van der Waals surface area contributed by atoms with Gasteiger partial charge in [-0.3, -0.25) is 9.69 Å². The Labute approximate surface area is 121 Å². The van der Waals surface area contributed by atoms with Crippen LogP contribution in [0.2, 0.25) is 0 Å². The lowest BCUT2D eigenvalue weighted by molar-refractivity contribution is -0.274. The predicted molar refractivity (Wildman–Crippen MR) is 71.0 cm³/mol. The van der Waals surface area contributed by atoms with Crippen LogP contribution in [0.1, 0.15) is 25.5 Å². The molecule has 0 saturated carbocycles. The molecular formula is C14H18F3NO3. The highest BCUT2D eigenvalue weighted by Gasteiger charge is 2.31. The van der Waals surface area contributed by atoms with Crippen molar-refractivity contribution in [3.8, 4) is 5.75 Å². The lowest BCUT2D eigenvalue weighted by Gasteiger charge is -2.26. The third-order valence-corrected chi connectivity index (χ3v) is 3.24. The summed E-state index contributed by atoms with van der Waals surface area (Å²) in [5, 5.41) is 8.88. The molecule has 0 aliphatic carbocycles. The molecule has 2 atom stereocenters. The van der Waals surface area contributed by atoms with Crippen LogP contribution in [0.4, 0.5) is 13.2 Å². The van der Waals surface area contributed by atoms with Gasteiger partial charge in [-0.1, -0.05) is 19.1 Å². The summed E-state index contributed by atoms with van der Waals surface area (Å²) in [7, 11) is 1.77. The molecule has 7 heteroatoms. The van der Waals surface area contributed by atoms with Crippen molar-refractivity contribution in [1.82, 2.24) is 4.90 Å². The first-order valence-corrected chi connectivity index (χ1v) is 6.39. The van der Waals surface area contributed by atoms with Crippen LogP contribution in [0, 0.1) is 5.92 Å². The molecule has 0 saturated heterocycles. The van der Waals surface area contributed by atoms with E-state index >= 15 is 0 Å². The number of carboxylic acid groups (broad SMARTS) is 1. The Kier molecular flexibility index (Phi) is 5.60. The van der Waals surface area contributed by atoms with Gasteiger partial charge in [-0.25, -0.2) is 0 Å². The number of alkyl halides is 3. The monoisotopic (exact) mass is 305 g/mol. The lowest BCUT2D eigenvalue weighted by atomic mass is 10.1. The first-order chi connectivity index (χ1) is 9.60. The van der Waals surface area contributed by atoms with E-state index in [1.807, 2.05) is 11.8 Å². The highest BCUT2D eigenvalue weighted by Crippen LogP contribution is 2.26. The molecule has 1 aromatic carbocycles. The zero-order valence-electron chi connectivity index (χ0n) is 12.0. The topological polar surface area (TPSA) is 49.8 Å². The minimum Gasteiger partial charge on any atom is -0.481 e. The largest absolute Gasteiger partial charge is 0.573 e. The number of nitrogens with zero attached hydrogens (tertiary/aromatic N) is 1. The Morgan fingerprint density at radius 2 is 1.81 bits per heavy atom. The average Bonchev–Trinajstić information content (AvgIpc) is 2.36. The van der Waals surface area contributed by atoms with Crippen molar-refractivity contribution in [2.24, 2.45) is 5.92 Å². The summed E-state index contributed by atoms with van der Waals surface area (Å²) in [4.78, 5) is 12.7. The van der Waals surface area contributed by atoms with Gasteiger partial charge >= 0.3 is 12.3 Å². The van der Waals surface area contributed by atoms with Crippen molar-refractivity contribution in [2.45, 2.75) is 26.3 Å². The summed E-state index contributed by atoms with van der Waals surface area (Å²) >= 11 is 0. The second-order valence-electron chi connectivity index (χ2n) is 4.97.